The molecule has 24 heavy (non-hydrogen) atoms. The van der Waals surface area contributed by atoms with Gasteiger partial charge in [-0.3, -0.25) is 4.79 Å². The van der Waals surface area contributed by atoms with E-state index in [2.05, 4.69) is 16.0 Å². The molecule has 3 amide bonds. The first-order valence-electron chi connectivity index (χ1n) is 7.23. The Balaban J connectivity index is 1.87. The van der Waals surface area contributed by atoms with Crippen LogP contribution in [-0.4, -0.2) is 49.1 Å². The first kappa shape index (κ1) is 18.3. The van der Waals surface area contributed by atoms with Gasteiger partial charge in [-0.25, -0.2) is 13.2 Å². The Morgan fingerprint density at radius 2 is 2.08 bits per heavy atom. The van der Waals surface area contributed by atoms with E-state index in [1.807, 2.05) is 0 Å². The van der Waals surface area contributed by atoms with Crippen LogP contribution in [0, 0.1) is 0 Å². The SMILES string of the molecule is C[C@@H](NC(=O)NC1CCS(=O)(=O)C1)C(=O)Nc1cc(Cl)ccc1O. The van der Waals surface area contributed by atoms with E-state index in [0.717, 1.165) is 0 Å². The third-order valence-electron chi connectivity index (χ3n) is 3.53. The number of hydrogen-bond acceptors (Lipinski definition) is 5. The Morgan fingerprint density at radius 3 is 2.71 bits per heavy atom. The lowest BCUT2D eigenvalue weighted by Crippen LogP contribution is -2.49. The quantitative estimate of drug-likeness (QED) is 0.581. The minimum Gasteiger partial charge on any atom is -0.506 e. The van der Waals surface area contributed by atoms with Gasteiger partial charge in [0.05, 0.1) is 17.2 Å². The molecule has 4 N–H and O–H groups in total. The van der Waals surface area contributed by atoms with Gasteiger partial charge in [-0.05, 0) is 31.5 Å². The van der Waals surface area contributed by atoms with Crippen LogP contribution in [0.4, 0.5) is 10.5 Å². The minimum atomic E-state index is -3.10. The van der Waals surface area contributed by atoms with Crippen LogP contribution in [0.1, 0.15) is 13.3 Å². The van der Waals surface area contributed by atoms with Gasteiger partial charge in [0, 0.05) is 11.1 Å². The Hall–Kier alpha value is -2.00. The number of anilines is 1. The topological polar surface area (TPSA) is 125 Å². The number of carbonyl (C=O) groups excluding carboxylic acids is 2. The standard InChI is InChI=1S/C14H18ClN3O5S/c1-8(13(20)18-11-6-9(15)2-3-12(11)19)16-14(21)17-10-4-5-24(22,23)7-10/h2-3,6,8,10,19H,4-5,7H2,1H3,(H,18,20)(H2,16,17,21)/t8-,10?/m1/s1. The predicted molar refractivity (Wildman–Crippen MR) is 89.9 cm³/mol. The van der Waals surface area contributed by atoms with Gasteiger partial charge >= 0.3 is 6.03 Å². The number of phenolic OH excluding ortho intramolecular Hbond substituents is 1. The average Bonchev–Trinajstić information content (AvgIpc) is 2.81. The van der Waals surface area contributed by atoms with Crippen molar-refractivity contribution in [2.45, 2.75) is 25.4 Å². The molecule has 1 fully saturated rings. The maximum Gasteiger partial charge on any atom is 0.315 e. The highest BCUT2D eigenvalue weighted by atomic mass is 35.5. The number of benzene rings is 1. The van der Waals surface area contributed by atoms with Crippen molar-refractivity contribution in [3.05, 3.63) is 23.2 Å². The summed E-state index contributed by atoms with van der Waals surface area (Å²) in [5.41, 5.74) is 0.128. The Bertz CT molecular complexity index is 753. The molecule has 1 heterocycles. The average molecular weight is 376 g/mol. The van der Waals surface area contributed by atoms with E-state index in [0.29, 0.717) is 11.4 Å². The van der Waals surface area contributed by atoms with Gasteiger partial charge in [0.15, 0.2) is 9.84 Å². The summed E-state index contributed by atoms with van der Waals surface area (Å²) >= 11 is 5.79. The van der Waals surface area contributed by atoms with Gasteiger partial charge in [0.2, 0.25) is 5.91 Å². The molecule has 0 saturated carbocycles. The number of hydrogen-bond donors (Lipinski definition) is 4. The molecule has 0 spiro atoms. The van der Waals surface area contributed by atoms with Crippen molar-refractivity contribution in [2.24, 2.45) is 0 Å². The fourth-order valence-corrected chi connectivity index (χ4v) is 4.09. The van der Waals surface area contributed by atoms with Crippen LogP contribution < -0.4 is 16.0 Å². The Labute approximate surface area is 144 Å². The summed E-state index contributed by atoms with van der Waals surface area (Å²) in [6.07, 6.45) is 0.354. The van der Waals surface area contributed by atoms with Crippen molar-refractivity contribution in [1.29, 1.82) is 0 Å². The smallest absolute Gasteiger partial charge is 0.315 e. The van der Waals surface area contributed by atoms with E-state index < -0.39 is 33.9 Å². The highest BCUT2D eigenvalue weighted by Crippen LogP contribution is 2.26. The van der Waals surface area contributed by atoms with Crippen molar-refractivity contribution >= 4 is 39.1 Å². The zero-order valence-corrected chi connectivity index (χ0v) is 14.4. The third kappa shape index (κ3) is 5.00. The molecule has 1 aliphatic heterocycles. The highest BCUT2D eigenvalue weighted by molar-refractivity contribution is 7.91. The van der Waals surface area contributed by atoms with Crippen molar-refractivity contribution in [1.82, 2.24) is 10.6 Å². The lowest BCUT2D eigenvalue weighted by Gasteiger charge is -2.17. The molecule has 1 aromatic rings. The van der Waals surface area contributed by atoms with E-state index in [1.165, 1.54) is 25.1 Å². The van der Waals surface area contributed by atoms with Crippen molar-refractivity contribution in [3.8, 4) is 5.75 Å². The molecule has 8 nitrogen and oxygen atoms in total. The molecule has 2 rings (SSSR count). The van der Waals surface area contributed by atoms with Gasteiger partial charge < -0.3 is 21.1 Å². The van der Waals surface area contributed by atoms with Gasteiger partial charge in [-0.2, -0.15) is 0 Å². The van der Waals surface area contributed by atoms with Crippen LogP contribution in [0.3, 0.4) is 0 Å². The molecule has 0 bridgehead atoms. The first-order chi connectivity index (χ1) is 11.2. The minimum absolute atomic E-state index is 0.0437. The lowest BCUT2D eigenvalue weighted by atomic mass is 10.2. The second kappa shape index (κ2) is 7.27. The number of rotatable bonds is 4. The molecular formula is C14H18ClN3O5S. The number of carbonyl (C=O) groups is 2. The van der Waals surface area contributed by atoms with E-state index in [-0.39, 0.29) is 22.9 Å². The number of amides is 3. The van der Waals surface area contributed by atoms with Crippen LogP contribution in [0.15, 0.2) is 18.2 Å². The number of aromatic hydroxyl groups is 1. The lowest BCUT2D eigenvalue weighted by molar-refractivity contribution is -0.117. The molecule has 2 atom stereocenters. The number of urea groups is 1. The number of phenols is 1. The molecule has 1 unspecified atom stereocenters. The summed E-state index contributed by atoms with van der Waals surface area (Å²) in [4.78, 5) is 23.9. The highest BCUT2D eigenvalue weighted by Gasteiger charge is 2.29. The molecule has 1 aromatic carbocycles. The zero-order valence-electron chi connectivity index (χ0n) is 12.9. The second-order valence-corrected chi connectivity index (χ2v) is 8.26. The monoisotopic (exact) mass is 375 g/mol. The van der Waals surface area contributed by atoms with E-state index in [1.54, 1.807) is 0 Å². The molecule has 10 heteroatoms. The van der Waals surface area contributed by atoms with Crippen LogP contribution >= 0.6 is 11.6 Å². The van der Waals surface area contributed by atoms with Gasteiger partial charge in [0.25, 0.3) is 0 Å². The van der Waals surface area contributed by atoms with Crippen LogP contribution in [0.25, 0.3) is 0 Å². The van der Waals surface area contributed by atoms with Crippen LogP contribution in [-0.2, 0) is 14.6 Å². The molecule has 0 radical (unpaired) electrons. The van der Waals surface area contributed by atoms with Gasteiger partial charge in [0.1, 0.15) is 11.8 Å². The second-order valence-electron chi connectivity index (χ2n) is 5.59. The summed E-state index contributed by atoms with van der Waals surface area (Å²) < 4.78 is 22.7. The summed E-state index contributed by atoms with van der Waals surface area (Å²) in [5, 5.41) is 17.4. The fraction of sp³-hybridized carbons (Fsp3) is 0.429. The van der Waals surface area contributed by atoms with E-state index in [9.17, 15) is 23.1 Å². The summed E-state index contributed by atoms with van der Waals surface area (Å²) in [5.74, 6) is -0.762. The molecule has 1 aliphatic rings. The van der Waals surface area contributed by atoms with Crippen molar-refractivity contribution in [2.75, 3.05) is 16.8 Å². The zero-order chi connectivity index (χ0) is 17.9. The van der Waals surface area contributed by atoms with Crippen molar-refractivity contribution in [3.63, 3.8) is 0 Å². The summed E-state index contributed by atoms with van der Waals surface area (Å²) in [7, 11) is -3.10. The number of sulfone groups is 1. The largest absolute Gasteiger partial charge is 0.506 e. The van der Waals surface area contributed by atoms with Crippen LogP contribution in [0.5, 0.6) is 5.75 Å². The summed E-state index contributed by atoms with van der Waals surface area (Å²) in [6, 6.07) is 2.20. The third-order valence-corrected chi connectivity index (χ3v) is 5.53. The molecule has 0 aromatic heterocycles. The van der Waals surface area contributed by atoms with Crippen LogP contribution in [0.2, 0.25) is 5.02 Å². The number of nitrogens with one attached hydrogen (secondary N) is 3. The predicted octanol–water partition coefficient (Wildman–Crippen LogP) is 0.859. The number of halogens is 1. The Kier molecular flexibility index (Phi) is 5.55. The van der Waals surface area contributed by atoms with E-state index in [4.69, 9.17) is 11.6 Å². The Morgan fingerprint density at radius 1 is 1.38 bits per heavy atom. The van der Waals surface area contributed by atoms with Gasteiger partial charge in [-0.1, -0.05) is 11.6 Å². The maximum atomic E-state index is 12.0. The van der Waals surface area contributed by atoms with E-state index >= 15 is 0 Å². The molecular weight excluding hydrogens is 358 g/mol. The van der Waals surface area contributed by atoms with Crippen molar-refractivity contribution < 1.29 is 23.1 Å². The molecule has 132 valence electrons. The fourth-order valence-electron chi connectivity index (χ4n) is 2.25. The molecule has 1 saturated heterocycles. The van der Waals surface area contributed by atoms with Gasteiger partial charge in [-0.15, -0.1) is 0 Å². The summed E-state index contributed by atoms with van der Waals surface area (Å²) in [6.45, 7) is 1.46. The maximum absolute atomic E-state index is 12.0. The normalized spacial score (nSPS) is 20.2. The molecule has 0 aliphatic carbocycles. The first-order valence-corrected chi connectivity index (χ1v) is 9.43.